The number of pyridine rings is 1. The Hall–Kier alpha value is -2.82. The first-order valence-corrected chi connectivity index (χ1v) is 11.5. The van der Waals surface area contributed by atoms with Crippen molar-refractivity contribution in [1.82, 2.24) is 15.3 Å². The number of rotatable bonds is 5. The lowest BCUT2D eigenvalue weighted by Crippen LogP contribution is -2.43. The maximum Gasteiger partial charge on any atom is 0.119 e. The lowest BCUT2D eigenvalue weighted by atomic mass is 9.65. The number of hydrogen-bond acceptors (Lipinski definition) is 3. The van der Waals surface area contributed by atoms with Crippen LogP contribution in [0.4, 0.5) is 0 Å². The van der Waals surface area contributed by atoms with Gasteiger partial charge in [-0.3, -0.25) is 4.98 Å². The molecule has 4 nitrogen and oxygen atoms in total. The zero-order chi connectivity index (χ0) is 22.1. The van der Waals surface area contributed by atoms with E-state index in [9.17, 15) is 0 Å². The molecule has 5 rings (SSSR count). The van der Waals surface area contributed by atoms with Crippen LogP contribution in [0.5, 0.6) is 5.75 Å². The summed E-state index contributed by atoms with van der Waals surface area (Å²) < 4.78 is 5.55. The van der Waals surface area contributed by atoms with Gasteiger partial charge in [-0.25, -0.2) is 0 Å². The predicted molar refractivity (Wildman–Crippen MR) is 132 cm³/mol. The van der Waals surface area contributed by atoms with Gasteiger partial charge in [0, 0.05) is 45.5 Å². The zero-order valence-electron chi connectivity index (χ0n) is 18.5. The van der Waals surface area contributed by atoms with E-state index in [1.54, 1.807) is 7.11 Å². The highest BCUT2D eigenvalue weighted by molar-refractivity contribution is 6.30. The van der Waals surface area contributed by atoms with E-state index in [0.29, 0.717) is 5.92 Å². The molecule has 4 aromatic rings. The van der Waals surface area contributed by atoms with Crippen LogP contribution >= 0.6 is 11.6 Å². The highest BCUT2D eigenvalue weighted by Gasteiger charge is 2.40. The van der Waals surface area contributed by atoms with Crippen molar-refractivity contribution in [3.8, 4) is 16.9 Å². The van der Waals surface area contributed by atoms with Gasteiger partial charge in [0.15, 0.2) is 0 Å². The van der Waals surface area contributed by atoms with Crippen molar-refractivity contribution in [3.05, 3.63) is 83.3 Å². The first-order valence-electron chi connectivity index (χ1n) is 11.2. The molecule has 0 saturated carbocycles. The number of nitrogens with zero attached hydrogens (tertiary/aromatic N) is 1. The number of H-pyrrole nitrogens is 1. The summed E-state index contributed by atoms with van der Waals surface area (Å²) in [6.45, 7) is 4.43. The van der Waals surface area contributed by atoms with Gasteiger partial charge in [-0.2, -0.15) is 0 Å². The summed E-state index contributed by atoms with van der Waals surface area (Å²) in [7, 11) is 1.72. The van der Waals surface area contributed by atoms with E-state index in [2.05, 4.69) is 52.7 Å². The molecule has 2 unspecified atom stereocenters. The second-order valence-electron chi connectivity index (χ2n) is 8.83. The van der Waals surface area contributed by atoms with Crippen molar-refractivity contribution in [3.63, 3.8) is 0 Å². The Morgan fingerprint density at radius 3 is 2.78 bits per heavy atom. The summed E-state index contributed by atoms with van der Waals surface area (Å²) in [6.07, 6.45) is 8.47. The third kappa shape index (κ3) is 3.68. The number of hydrogen-bond donors (Lipinski definition) is 2. The molecule has 1 aliphatic heterocycles. The summed E-state index contributed by atoms with van der Waals surface area (Å²) in [5.74, 6) is 1.31. The Labute approximate surface area is 194 Å². The van der Waals surface area contributed by atoms with Crippen molar-refractivity contribution in [2.24, 2.45) is 5.92 Å². The Kier molecular flexibility index (Phi) is 5.66. The number of nitrogens with one attached hydrogen (secondary N) is 2. The maximum atomic E-state index is 6.28. The smallest absolute Gasteiger partial charge is 0.119 e. The molecule has 0 radical (unpaired) electrons. The second kappa shape index (κ2) is 8.61. The van der Waals surface area contributed by atoms with Gasteiger partial charge in [0.1, 0.15) is 5.75 Å². The number of aromatic nitrogens is 2. The Morgan fingerprint density at radius 1 is 1.09 bits per heavy atom. The van der Waals surface area contributed by atoms with Crippen LogP contribution in [0.1, 0.15) is 30.9 Å². The van der Waals surface area contributed by atoms with Crippen LogP contribution < -0.4 is 10.1 Å². The summed E-state index contributed by atoms with van der Waals surface area (Å²) in [4.78, 5) is 8.17. The molecule has 164 valence electrons. The van der Waals surface area contributed by atoms with E-state index < -0.39 is 0 Å². The standard InChI is InChI=1S/C27H28ClN3O/c1-27(20-6-4-10-29-15-20,25-17-31-26-9-8-23(32-2)13-24(25)26)21-11-19(14-30-16-21)18-5-3-7-22(28)12-18/h3,5,7-9,11-14,16-17,20,29,31H,4,6,10,15H2,1-2H3. The highest BCUT2D eigenvalue weighted by atomic mass is 35.5. The van der Waals surface area contributed by atoms with Gasteiger partial charge < -0.3 is 15.0 Å². The fourth-order valence-corrected chi connectivity index (χ4v) is 5.35. The van der Waals surface area contributed by atoms with Crippen LogP contribution in [0.15, 0.2) is 67.1 Å². The maximum absolute atomic E-state index is 6.28. The fourth-order valence-electron chi connectivity index (χ4n) is 5.16. The fraction of sp³-hybridized carbons (Fsp3) is 0.296. The lowest BCUT2D eigenvalue weighted by molar-refractivity contribution is 0.271. The molecule has 1 fully saturated rings. The number of piperidine rings is 1. The molecule has 0 aliphatic carbocycles. The molecule has 0 bridgehead atoms. The summed E-state index contributed by atoms with van der Waals surface area (Å²) >= 11 is 6.28. The average molecular weight is 446 g/mol. The number of halogens is 1. The first-order chi connectivity index (χ1) is 15.6. The second-order valence-corrected chi connectivity index (χ2v) is 9.27. The normalized spacial score (nSPS) is 18.4. The SMILES string of the molecule is COc1ccc2[nH]cc(C(C)(c3cncc(-c4cccc(Cl)c4)c3)C3CCCNC3)c2c1. The minimum Gasteiger partial charge on any atom is -0.497 e. The van der Waals surface area contributed by atoms with Crippen molar-refractivity contribution >= 4 is 22.5 Å². The third-order valence-corrected chi connectivity index (χ3v) is 7.29. The number of aromatic amines is 1. The minimum absolute atomic E-state index is 0.223. The van der Waals surface area contributed by atoms with E-state index in [4.69, 9.17) is 16.3 Å². The van der Waals surface area contributed by atoms with E-state index in [-0.39, 0.29) is 5.41 Å². The number of fused-ring (bicyclic) bond motifs is 1. The predicted octanol–water partition coefficient (Wildman–Crippen LogP) is 6.20. The van der Waals surface area contributed by atoms with Gasteiger partial charge in [-0.15, -0.1) is 0 Å². The van der Waals surface area contributed by atoms with Crippen molar-refractivity contribution in [1.29, 1.82) is 0 Å². The number of methoxy groups -OCH3 is 1. The number of ether oxygens (including phenoxy) is 1. The molecule has 0 amide bonds. The van der Waals surface area contributed by atoms with Gasteiger partial charge in [0.2, 0.25) is 0 Å². The molecular formula is C27H28ClN3O. The molecule has 5 heteroatoms. The molecule has 1 saturated heterocycles. The van der Waals surface area contributed by atoms with Crippen molar-refractivity contribution < 1.29 is 4.74 Å². The summed E-state index contributed by atoms with van der Waals surface area (Å²) in [5.41, 5.74) is 5.56. The molecular weight excluding hydrogens is 418 g/mol. The van der Waals surface area contributed by atoms with Gasteiger partial charge in [-0.05, 0) is 84.9 Å². The van der Waals surface area contributed by atoms with Crippen LogP contribution in [0.2, 0.25) is 5.02 Å². The first kappa shape index (κ1) is 21.0. The van der Waals surface area contributed by atoms with Crippen molar-refractivity contribution in [2.75, 3.05) is 20.2 Å². The number of benzene rings is 2. The zero-order valence-corrected chi connectivity index (χ0v) is 19.2. The van der Waals surface area contributed by atoms with E-state index in [0.717, 1.165) is 40.5 Å². The average Bonchev–Trinajstić information content (AvgIpc) is 3.28. The molecule has 1 aliphatic rings. The Balaban J connectivity index is 1.69. The van der Waals surface area contributed by atoms with E-state index >= 15 is 0 Å². The quantitative estimate of drug-likeness (QED) is 0.384. The molecule has 0 spiro atoms. The van der Waals surface area contributed by atoms with Crippen LogP contribution in [0.25, 0.3) is 22.0 Å². The third-order valence-electron chi connectivity index (χ3n) is 7.06. The minimum atomic E-state index is -0.223. The Bertz CT molecular complexity index is 1240. The molecule has 2 atom stereocenters. The molecule has 32 heavy (non-hydrogen) atoms. The monoisotopic (exact) mass is 445 g/mol. The van der Waals surface area contributed by atoms with Gasteiger partial charge in [-0.1, -0.05) is 30.7 Å². The largest absolute Gasteiger partial charge is 0.497 e. The molecule has 2 aromatic carbocycles. The lowest BCUT2D eigenvalue weighted by Gasteiger charge is -2.41. The molecule has 2 aromatic heterocycles. The van der Waals surface area contributed by atoms with Gasteiger partial charge in [0.05, 0.1) is 7.11 Å². The van der Waals surface area contributed by atoms with Gasteiger partial charge in [0.25, 0.3) is 0 Å². The van der Waals surface area contributed by atoms with Crippen molar-refractivity contribution in [2.45, 2.75) is 25.2 Å². The van der Waals surface area contributed by atoms with Gasteiger partial charge >= 0.3 is 0 Å². The summed E-state index contributed by atoms with van der Waals surface area (Å²) in [5, 5.41) is 5.56. The molecule has 3 heterocycles. The van der Waals surface area contributed by atoms with Crippen LogP contribution in [0, 0.1) is 5.92 Å². The molecule has 2 N–H and O–H groups in total. The summed E-state index contributed by atoms with van der Waals surface area (Å²) in [6, 6.07) is 16.5. The van der Waals surface area contributed by atoms with Crippen LogP contribution in [-0.2, 0) is 5.41 Å². The Morgan fingerprint density at radius 2 is 2.00 bits per heavy atom. The van der Waals surface area contributed by atoms with Crippen LogP contribution in [-0.4, -0.2) is 30.2 Å². The topological polar surface area (TPSA) is 49.9 Å². The van der Waals surface area contributed by atoms with E-state index in [1.165, 1.54) is 29.4 Å². The van der Waals surface area contributed by atoms with Crippen LogP contribution in [0.3, 0.4) is 0 Å². The van der Waals surface area contributed by atoms with E-state index in [1.807, 2.05) is 36.7 Å². The highest BCUT2D eigenvalue weighted by Crippen LogP contribution is 2.45.